The van der Waals surface area contributed by atoms with E-state index in [-0.39, 0.29) is 17.8 Å². The van der Waals surface area contributed by atoms with Crippen molar-refractivity contribution in [3.8, 4) is 17.2 Å². The number of amides is 1. The van der Waals surface area contributed by atoms with E-state index in [9.17, 15) is 9.18 Å². The molecular formula is C28H30FN3O3. The zero-order chi connectivity index (χ0) is 25.2. The van der Waals surface area contributed by atoms with Gasteiger partial charge >= 0.3 is 0 Å². The number of fused-ring (bicyclic) bond motifs is 1. The zero-order valence-corrected chi connectivity index (χ0v) is 20.6. The van der Waals surface area contributed by atoms with Gasteiger partial charge in [-0.3, -0.25) is 4.79 Å². The van der Waals surface area contributed by atoms with Crippen LogP contribution in [0, 0.1) is 11.2 Å². The predicted octanol–water partition coefficient (Wildman–Crippen LogP) is 5.84. The zero-order valence-electron chi connectivity index (χ0n) is 20.6. The van der Waals surface area contributed by atoms with Crippen molar-refractivity contribution in [3.63, 3.8) is 0 Å². The van der Waals surface area contributed by atoms with Gasteiger partial charge in [0.2, 0.25) is 5.91 Å². The third-order valence-corrected chi connectivity index (χ3v) is 5.79. The van der Waals surface area contributed by atoms with E-state index in [1.54, 1.807) is 30.1 Å². The van der Waals surface area contributed by atoms with Crippen LogP contribution in [0.1, 0.15) is 39.4 Å². The van der Waals surface area contributed by atoms with Gasteiger partial charge in [0.25, 0.3) is 0 Å². The van der Waals surface area contributed by atoms with Gasteiger partial charge < -0.3 is 14.8 Å². The van der Waals surface area contributed by atoms with Crippen LogP contribution < -0.4 is 14.8 Å². The summed E-state index contributed by atoms with van der Waals surface area (Å²) >= 11 is 0. The van der Waals surface area contributed by atoms with Crippen molar-refractivity contribution < 1.29 is 18.7 Å². The lowest BCUT2D eigenvalue weighted by Gasteiger charge is -2.29. The molecule has 1 aromatic heterocycles. The Hall–Kier alpha value is -3.87. The molecule has 3 aromatic carbocycles. The molecule has 2 unspecified atom stereocenters. The third-order valence-electron chi connectivity index (χ3n) is 5.79. The fraction of sp³-hybridized carbons (Fsp3) is 0.286. The Bertz CT molecular complexity index is 1330. The Labute approximate surface area is 204 Å². The summed E-state index contributed by atoms with van der Waals surface area (Å²) in [6.45, 7) is 7.56. The lowest BCUT2D eigenvalue weighted by atomic mass is 9.94. The van der Waals surface area contributed by atoms with Gasteiger partial charge in [-0.25, -0.2) is 9.07 Å². The van der Waals surface area contributed by atoms with Gasteiger partial charge in [0.15, 0.2) is 0 Å². The molecule has 0 bridgehead atoms. The van der Waals surface area contributed by atoms with Crippen molar-refractivity contribution in [1.82, 2.24) is 15.1 Å². The summed E-state index contributed by atoms with van der Waals surface area (Å²) in [5, 5.41) is 8.43. The smallest absolute Gasteiger partial charge is 0.225 e. The molecule has 2 atom stereocenters. The lowest BCUT2D eigenvalue weighted by Crippen LogP contribution is -2.44. The quantitative estimate of drug-likeness (QED) is 0.364. The maximum atomic E-state index is 13.3. The number of rotatable bonds is 7. The molecule has 0 spiro atoms. The second kappa shape index (κ2) is 9.78. The molecule has 6 nitrogen and oxygen atoms in total. The molecule has 7 heteroatoms. The average Bonchev–Trinajstić information content (AvgIpc) is 3.25. The Balaban J connectivity index is 1.65. The molecule has 1 N–H and O–H groups in total. The van der Waals surface area contributed by atoms with Crippen molar-refractivity contribution in [1.29, 1.82) is 0 Å². The second-order valence-electron chi connectivity index (χ2n) is 9.58. The Morgan fingerprint density at radius 3 is 2.46 bits per heavy atom. The van der Waals surface area contributed by atoms with Crippen molar-refractivity contribution in [2.24, 2.45) is 5.41 Å². The number of carbonyl (C=O) groups excluding carboxylic acids is 1. The SMILES string of the molecule is COc1cccc(C(Oc2ccc3c(cnn3-c3ccc(F)cc3)c2)C(C)NC(=O)C(C)(C)C)c1. The normalized spacial score (nSPS) is 13.3. The van der Waals surface area contributed by atoms with Crippen LogP contribution in [0.2, 0.25) is 0 Å². The number of hydrogen-bond donors (Lipinski definition) is 1. The molecule has 0 fully saturated rings. The molecule has 182 valence electrons. The van der Waals surface area contributed by atoms with E-state index in [0.29, 0.717) is 11.5 Å². The summed E-state index contributed by atoms with van der Waals surface area (Å²) in [6, 6.07) is 19.2. The number of nitrogens with zero attached hydrogens (tertiary/aromatic N) is 2. The van der Waals surface area contributed by atoms with Gasteiger partial charge in [-0.05, 0) is 67.1 Å². The minimum absolute atomic E-state index is 0.0578. The minimum Gasteiger partial charge on any atom is -0.497 e. The number of ether oxygens (including phenoxy) is 2. The number of hydrogen-bond acceptors (Lipinski definition) is 4. The lowest BCUT2D eigenvalue weighted by molar-refractivity contribution is -0.129. The van der Waals surface area contributed by atoms with Crippen LogP contribution in [-0.2, 0) is 4.79 Å². The van der Waals surface area contributed by atoms with E-state index >= 15 is 0 Å². The van der Waals surface area contributed by atoms with E-state index in [0.717, 1.165) is 22.2 Å². The fourth-order valence-electron chi connectivity index (χ4n) is 3.80. The van der Waals surface area contributed by atoms with Gasteiger partial charge in [0.1, 0.15) is 23.4 Å². The average molecular weight is 476 g/mol. The van der Waals surface area contributed by atoms with Crippen LogP contribution in [0.4, 0.5) is 4.39 Å². The summed E-state index contributed by atoms with van der Waals surface area (Å²) < 4.78 is 26.9. The monoisotopic (exact) mass is 475 g/mol. The van der Waals surface area contributed by atoms with E-state index in [2.05, 4.69) is 10.4 Å². The molecule has 4 rings (SSSR count). The highest BCUT2D eigenvalue weighted by Gasteiger charge is 2.28. The second-order valence-corrected chi connectivity index (χ2v) is 9.58. The van der Waals surface area contributed by atoms with Crippen molar-refractivity contribution >= 4 is 16.8 Å². The van der Waals surface area contributed by atoms with Gasteiger partial charge in [0.05, 0.1) is 30.6 Å². The van der Waals surface area contributed by atoms with Crippen LogP contribution in [-0.4, -0.2) is 28.8 Å². The first-order valence-corrected chi connectivity index (χ1v) is 11.5. The molecule has 0 saturated heterocycles. The number of carbonyl (C=O) groups is 1. The molecule has 0 radical (unpaired) electrons. The molecular weight excluding hydrogens is 445 g/mol. The molecule has 0 saturated carbocycles. The molecule has 1 amide bonds. The van der Waals surface area contributed by atoms with Crippen LogP contribution in [0.15, 0.2) is 72.9 Å². The number of nitrogens with one attached hydrogen (secondary N) is 1. The van der Waals surface area contributed by atoms with E-state index < -0.39 is 11.5 Å². The highest BCUT2D eigenvalue weighted by molar-refractivity contribution is 5.82. The van der Waals surface area contributed by atoms with E-state index in [1.165, 1.54) is 12.1 Å². The van der Waals surface area contributed by atoms with Crippen molar-refractivity contribution in [2.45, 2.75) is 39.8 Å². The van der Waals surface area contributed by atoms with Crippen molar-refractivity contribution in [3.05, 3.63) is 84.3 Å². The molecule has 4 aromatic rings. The Morgan fingerprint density at radius 2 is 1.77 bits per heavy atom. The van der Waals surface area contributed by atoms with Gasteiger partial charge in [-0.2, -0.15) is 5.10 Å². The molecule has 1 heterocycles. The first kappa shape index (κ1) is 24.3. The highest BCUT2D eigenvalue weighted by atomic mass is 19.1. The molecule has 35 heavy (non-hydrogen) atoms. The van der Waals surface area contributed by atoms with Gasteiger partial charge in [-0.15, -0.1) is 0 Å². The first-order chi connectivity index (χ1) is 16.7. The first-order valence-electron chi connectivity index (χ1n) is 11.5. The standard InChI is InChI=1S/C28H30FN3O3/c1-18(31-27(33)28(2,3)4)26(19-7-6-8-23(15-19)34-5)35-24-13-14-25-20(16-24)17-30-32(25)22-11-9-21(29)10-12-22/h6-18,26H,1-5H3,(H,31,33). The third kappa shape index (κ3) is 5.45. The van der Waals surface area contributed by atoms with Gasteiger partial charge in [0, 0.05) is 10.8 Å². The Morgan fingerprint density at radius 1 is 1.03 bits per heavy atom. The number of methoxy groups -OCH3 is 1. The van der Waals surface area contributed by atoms with Crippen molar-refractivity contribution in [2.75, 3.05) is 7.11 Å². The van der Waals surface area contributed by atoms with Crippen LogP contribution in [0.3, 0.4) is 0 Å². The molecule has 0 aliphatic heterocycles. The number of halogens is 1. The highest BCUT2D eigenvalue weighted by Crippen LogP contribution is 2.31. The van der Waals surface area contributed by atoms with Crippen LogP contribution in [0.5, 0.6) is 11.5 Å². The minimum atomic E-state index is -0.527. The van der Waals surface area contributed by atoms with Gasteiger partial charge in [-0.1, -0.05) is 32.9 Å². The largest absolute Gasteiger partial charge is 0.497 e. The Kier molecular flexibility index (Phi) is 6.78. The summed E-state index contributed by atoms with van der Waals surface area (Å²) in [6.07, 6.45) is 1.29. The molecule has 0 aliphatic carbocycles. The maximum absolute atomic E-state index is 13.3. The maximum Gasteiger partial charge on any atom is 0.225 e. The fourth-order valence-corrected chi connectivity index (χ4v) is 3.80. The summed E-state index contributed by atoms with van der Waals surface area (Å²) in [4.78, 5) is 12.7. The molecule has 0 aliphatic rings. The van der Waals surface area contributed by atoms with Crippen LogP contribution >= 0.6 is 0 Å². The summed E-state index contributed by atoms with van der Waals surface area (Å²) in [7, 11) is 1.62. The predicted molar refractivity (Wildman–Crippen MR) is 134 cm³/mol. The number of aromatic nitrogens is 2. The van der Waals surface area contributed by atoms with Crippen LogP contribution in [0.25, 0.3) is 16.6 Å². The summed E-state index contributed by atoms with van der Waals surface area (Å²) in [5.74, 6) is 0.997. The van der Waals surface area contributed by atoms with E-state index in [1.807, 2.05) is 70.2 Å². The summed E-state index contributed by atoms with van der Waals surface area (Å²) in [5.41, 5.74) is 1.99. The topological polar surface area (TPSA) is 65.4 Å². The number of benzene rings is 3. The van der Waals surface area contributed by atoms with E-state index in [4.69, 9.17) is 9.47 Å².